The third kappa shape index (κ3) is 2.09. The molecule has 86 valence electrons. The number of anilines is 1. The summed E-state index contributed by atoms with van der Waals surface area (Å²) in [6, 6.07) is 1.49. The number of carbonyl (C=O) groups excluding carboxylic acids is 1. The van der Waals surface area contributed by atoms with E-state index in [9.17, 15) is 4.79 Å². The number of carbonyl (C=O) groups is 1. The fraction of sp³-hybridized carbons (Fsp3) is 0.500. The zero-order chi connectivity index (χ0) is 11.5. The van der Waals surface area contributed by atoms with Crippen molar-refractivity contribution in [3.8, 4) is 0 Å². The topological polar surface area (TPSA) is 55.3 Å². The maximum atomic E-state index is 11.5. The Balaban J connectivity index is 2.23. The highest BCUT2D eigenvalue weighted by Gasteiger charge is 2.32. The largest absolute Gasteiger partial charge is 0.467 e. The Kier molecular flexibility index (Phi) is 3.24. The first kappa shape index (κ1) is 11.1. The number of rotatable bonds is 2. The summed E-state index contributed by atoms with van der Waals surface area (Å²) >= 11 is 5.72. The Morgan fingerprint density at radius 3 is 3.19 bits per heavy atom. The Morgan fingerprint density at radius 1 is 1.69 bits per heavy atom. The quantitative estimate of drug-likeness (QED) is 0.577. The molecule has 1 aliphatic rings. The molecule has 6 heteroatoms. The van der Waals surface area contributed by atoms with Gasteiger partial charge in [0.05, 0.1) is 7.11 Å². The van der Waals surface area contributed by atoms with Crippen LogP contribution in [0.1, 0.15) is 12.8 Å². The van der Waals surface area contributed by atoms with E-state index in [-0.39, 0.29) is 17.3 Å². The van der Waals surface area contributed by atoms with Crippen molar-refractivity contribution in [1.29, 1.82) is 0 Å². The highest BCUT2D eigenvalue weighted by Crippen LogP contribution is 2.24. The van der Waals surface area contributed by atoms with Gasteiger partial charge in [-0.05, 0) is 30.5 Å². The molecule has 1 aromatic rings. The SMILES string of the molecule is COC(=O)C1CCCN1c1ccnc(Cl)n1. The Bertz CT molecular complexity index is 399. The zero-order valence-electron chi connectivity index (χ0n) is 8.89. The van der Waals surface area contributed by atoms with Gasteiger partial charge in [-0.15, -0.1) is 0 Å². The number of nitrogens with zero attached hydrogens (tertiary/aromatic N) is 3. The maximum absolute atomic E-state index is 11.5. The van der Waals surface area contributed by atoms with Crippen molar-refractivity contribution in [3.05, 3.63) is 17.5 Å². The van der Waals surface area contributed by atoms with E-state index in [2.05, 4.69) is 9.97 Å². The number of ether oxygens (including phenoxy) is 1. The minimum atomic E-state index is -0.254. The van der Waals surface area contributed by atoms with Gasteiger partial charge >= 0.3 is 5.97 Å². The molecule has 2 heterocycles. The number of halogens is 1. The molecule has 5 nitrogen and oxygen atoms in total. The summed E-state index contributed by atoms with van der Waals surface area (Å²) < 4.78 is 4.76. The molecule has 0 spiro atoms. The lowest BCUT2D eigenvalue weighted by atomic mass is 10.2. The minimum absolute atomic E-state index is 0.188. The van der Waals surface area contributed by atoms with Crippen molar-refractivity contribution < 1.29 is 9.53 Å². The van der Waals surface area contributed by atoms with Crippen LogP contribution in [0.2, 0.25) is 5.28 Å². The molecule has 0 N–H and O–H groups in total. The van der Waals surface area contributed by atoms with Crippen LogP contribution in [-0.2, 0) is 9.53 Å². The summed E-state index contributed by atoms with van der Waals surface area (Å²) in [5.41, 5.74) is 0. The van der Waals surface area contributed by atoms with Gasteiger partial charge in [-0.3, -0.25) is 0 Å². The predicted octanol–water partition coefficient (Wildman–Crippen LogP) is 1.27. The molecule has 0 bridgehead atoms. The predicted molar refractivity (Wildman–Crippen MR) is 59.4 cm³/mol. The number of esters is 1. The van der Waals surface area contributed by atoms with Crippen LogP contribution in [0.5, 0.6) is 0 Å². The van der Waals surface area contributed by atoms with E-state index in [1.165, 1.54) is 7.11 Å². The highest BCUT2D eigenvalue weighted by atomic mass is 35.5. The molecule has 16 heavy (non-hydrogen) atoms. The van der Waals surface area contributed by atoms with E-state index in [1.807, 2.05) is 4.90 Å². The third-order valence-electron chi connectivity index (χ3n) is 2.63. The summed E-state index contributed by atoms with van der Waals surface area (Å²) in [7, 11) is 1.39. The van der Waals surface area contributed by atoms with Crippen LogP contribution in [0.4, 0.5) is 5.82 Å². The van der Waals surface area contributed by atoms with Crippen molar-refractivity contribution in [2.45, 2.75) is 18.9 Å². The van der Waals surface area contributed by atoms with Gasteiger partial charge < -0.3 is 9.64 Å². The van der Waals surface area contributed by atoms with E-state index in [0.717, 1.165) is 19.4 Å². The van der Waals surface area contributed by atoms with Gasteiger partial charge in [0.2, 0.25) is 5.28 Å². The lowest BCUT2D eigenvalue weighted by Crippen LogP contribution is -2.37. The molecule has 1 unspecified atom stereocenters. The molecule has 2 rings (SSSR count). The van der Waals surface area contributed by atoms with Crippen LogP contribution in [0.3, 0.4) is 0 Å². The Hall–Kier alpha value is -1.36. The normalized spacial score (nSPS) is 19.9. The molecule has 1 aliphatic heterocycles. The van der Waals surface area contributed by atoms with Crippen molar-refractivity contribution in [2.75, 3.05) is 18.6 Å². The first-order chi connectivity index (χ1) is 7.72. The van der Waals surface area contributed by atoms with Crippen LogP contribution >= 0.6 is 11.6 Å². The van der Waals surface area contributed by atoms with Gasteiger partial charge in [-0.1, -0.05) is 0 Å². The van der Waals surface area contributed by atoms with Crippen LogP contribution in [0, 0.1) is 0 Å². The molecule has 0 amide bonds. The summed E-state index contributed by atoms with van der Waals surface area (Å²) in [4.78, 5) is 21.4. The molecular weight excluding hydrogens is 230 g/mol. The smallest absolute Gasteiger partial charge is 0.328 e. The number of hydrogen-bond acceptors (Lipinski definition) is 5. The summed E-state index contributed by atoms with van der Waals surface area (Å²) in [5.74, 6) is 0.445. The molecular formula is C10H12ClN3O2. The first-order valence-corrected chi connectivity index (χ1v) is 5.43. The van der Waals surface area contributed by atoms with E-state index >= 15 is 0 Å². The number of hydrogen-bond donors (Lipinski definition) is 0. The van der Waals surface area contributed by atoms with E-state index in [4.69, 9.17) is 16.3 Å². The molecule has 1 aromatic heterocycles. The van der Waals surface area contributed by atoms with Gasteiger partial charge in [-0.2, -0.15) is 0 Å². The zero-order valence-corrected chi connectivity index (χ0v) is 9.65. The van der Waals surface area contributed by atoms with Crippen LogP contribution < -0.4 is 4.90 Å². The molecule has 0 radical (unpaired) electrons. The Morgan fingerprint density at radius 2 is 2.50 bits per heavy atom. The van der Waals surface area contributed by atoms with Gasteiger partial charge in [0, 0.05) is 12.7 Å². The van der Waals surface area contributed by atoms with Gasteiger partial charge in [0.25, 0.3) is 0 Å². The maximum Gasteiger partial charge on any atom is 0.328 e. The monoisotopic (exact) mass is 241 g/mol. The Labute approximate surface area is 98.4 Å². The average Bonchev–Trinajstić information content (AvgIpc) is 2.77. The van der Waals surface area contributed by atoms with Crippen molar-refractivity contribution >= 4 is 23.4 Å². The molecule has 0 aromatic carbocycles. The highest BCUT2D eigenvalue weighted by molar-refractivity contribution is 6.28. The third-order valence-corrected chi connectivity index (χ3v) is 2.81. The van der Waals surface area contributed by atoms with Gasteiger partial charge in [0.1, 0.15) is 11.9 Å². The fourth-order valence-corrected chi connectivity index (χ4v) is 2.05. The minimum Gasteiger partial charge on any atom is -0.467 e. The summed E-state index contributed by atoms with van der Waals surface area (Å²) in [5, 5.41) is 0.188. The van der Waals surface area contributed by atoms with E-state index in [1.54, 1.807) is 12.3 Å². The van der Waals surface area contributed by atoms with Crippen LogP contribution in [0.15, 0.2) is 12.3 Å². The number of aromatic nitrogens is 2. The van der Waals surface area contributed by atoms with E-state index < -0.39 is 0 Å². The molecule has 1 fully saturated rings. The van der Waals surface area contributed by atoms with Crippen LogP contribution in [-0.4, -0.2) is 35.6 Å². The molecule has 0 aliphatic carbocycles. The van der Waals surface area contributed by atoms with Crippen LogP contribution in [0.25, 0.3) is 0 Å². The molecule has 1 saturated heterocycles. The van der Waals surface area contributed by atoms with Crippen molar-refractivity contribution in [2.24, 2.45) is 0 Å². The second kappa shape index (κ2) is 4.65. The second-order valence-corrected chi connectivity index (χ2v) is 3.90. The van der Waals surface area contributed by atoms with Gasteiger partial charge in [-0.25, -0.2) is 14.8 Å². The first-order valence-electron chi connectivity index (χ1n) is 5.05. The van der Waals surface area contributed by atoms with Crippen molar-refractivity contribution in [3.63, 3.8) is 0 Å². The van der Waals surface area contributed by atoms with Crippen molar-refractivity contribution in [1.82, 2.24) is 9.97 Å². The molecule has 0 saturated carbocycles. The molecule has 1 atom stereocenters. The fourth-order valence-electron chi connectivity index (χ4n) is 1.91. The summed E-state index contributed by atoms with van der Waals surface area (Å²) in [6.07, 6.45) is 3.31. The standard InChI is InChI=1S/C10H12ClN3O2/c1-16-9(15)7-3-2-6-14(7)8-4-5-12-10(11)13-8/h4-5,7H,2-3,6H2,1H3. The van der Waals surface area contributed by atoms with Gasteiger partial charge in [0.15, 0.2) is 0 Å². The average molecular weight is 242 g/mol. The number of methoxy groups -OCH3 is 1. The second-order valence-electron chi connectivity index (χ2n) is 3.56. The lowest BCUT2D eigenvalue weighted by Gasteiger charge is -2.23. The van der Waals surface area contributed by atoms with E-state index in [0.29, 0.717) is 5.82 Å². The lowest BCUT2D eigenvalue weighted by molar-refractivity contribution is -0.141. The summed E-state index contributed by atoms with van der Waals surface area (Å²) in [6.45, 7) is 0.785.